The quantitative estimate of drug-likeness (QED) is 0.266. The molecule has 3 N–H and O–H groups in total. The molecule has 12 heteroatoms. The van der Waals surface area contributed by atoms with Crippen molar-refractivity contribution in [1.82, 2.24) is 25.2 Å². The van der Waals surface area contributed by atoms with Crippen molar-refractivity contribution in [3.05, 3.63) is 89.1 Å². The van der Waals surface area contributed by atoms with Gasteiger partial charge in [-0.05, 0) is 47.7 Å². The van der Waals surface area contributed by atoms with E-state index in [0.29, 0.717) is 29.6 Å². The number of amides is 3. The number of imidazole rings is 1. The minimum Gasteiger partial charge on any atom is -0.447 e. The number of nitrogens with zero attached hydrogens (tertiary/aromatic N) is 3. The molecule has 1 atom stereocenters. The Hall–Kier alpha value is -4.25. The molecule has 0 radical (unpaired) electrons. The van der Waals surface area contributed by atoms with Crippen molar-refractivity contribution in [3.8, 4) is 0 Å². The molecule has 198 valence electrons. The summed E-state index contributed by atoms with van der Waals surface area (Å²) in [5.74, 6) is -0.0724. The first-order valence-electron chi connectivity index (χ1n) is 11.7. The summed E-state index contributed by atoms with van der Waals surface area (Å²) in [7, 11) is 1.57. The standard InChI is InChI=1S/C26H25ClF2N6O3/c1-35(25(36)33-14-17-3-2-4-21(29)24(17)27)20(7-8-22-30-9-10-31-22)15-38-26(37)34-23-12-18-11-19(28)6-5-16(18)13-32-23/h2-6,9-13,20H,7-8,14-15H2,1H3,(H,30,31)(H,33,36)(H,32,34,37)/t20-/m0/s1. The van der Waals surface area contributed by atoms with Gasteiger partial charge in [-0.3, -0.25) is 5.32 Å². The molecule has 38 heavy (non-hydrogen) atoms. The Bertz CT molecular complexity index is 1420. The Kier molecular flexibility index (Phi) is 8.70. The Morgan fingerprint density at radius 3 is 2.79 bits per heavy atom. The van der Waals surface area contributed by atoms with E-state index < -0.39 is 29.8 Å². The summed E-state index contributed by atoms with van der Waals surface area (Å²) in [6, 6.07) is 9.16. The minimum absolute atomic E-state index is 0.0141. The lowest BCUT2D eigenvalue weighted by Crippen LogP contribution is -2.46. The summed E-state index contributed by atoms with van der Waals surface area (Å²) in [6.07, 6.45) is 4.97. The molecule has 0 bridgehead atoms. The lowest BCUT2D eigenvalue weighted by Gasteiger charge is -2.28. The number of halogens is 3. The zero-order chi connectivity index (χ0) is 27.1. The predicted octanol–water partition coefficient (Wildman–Crippen LogP) is 5.28. The molecule has 9 nitrogen and oxygen atoms in total. The van der Waals surface area contributed by atoms with E-state index >= 15 is 0 Å². The second kappa shape index (κ2) is 12.3. The minimum atomic E-state index is -0.781. The van der Waals surface area contributed by atoms with Gasteiger partial charge in [-0.2, -0.15) is 0 Å². The number of urea groups is 1. The number of aromatic amines is 1. The van der Waals surface area contributed by atoms with Gasteiger partial charge in [0.05, 0.1) is 11.1 Å². The largest absolute Gasteiger partial charge is 0.447 e. The fourth-order valence-electron chi connectivity index (χ4n) is 3.77. The number of H-pyrrole nitrogens is 1. The van der Waals surface area contributed by atoms with E-state index in [1.165, 1.54) is 41.4 Å². The summed E-state index contributed by atoms with van der Waals surface area (Å²) in [5.41, 5.74) is 0.430. The van der Waals surface area contributed by atoms with Gasteiger partial charge in [0.1, 0.15) is 29.9 Å². The second-order valence-corrected chi connectivity index (χ2v) is 8.87. The molecule has 0 fully saturated rings. The maximum absolute atomic E-state index is 13.7. The highest BCUT2D eigenvalue weighted by Crippen LogP contribution is 2.20. The molecule has 4 aromatic rings. The lowest BCUT2D eigenvalue weighted by molar-refractivity contribution is 0.114. The van der Waals surface area contributed by atoms with Crippen LogP contribution in [0.2, 0.25) is 5.02 Å². The van der Waals surface area contributed by atoms with Crippen LogP contribution in [0.3, 0.4) is 0 Å². The van der Waals surface area contributed by atoms with E-state index in [1.54, 1.807) is 31.6 Å². The maximum Gasteiger partial charge on any atom is 0.412 e. The van der Waals surface area contributed by atoms with Gasteiger partial charge < -0.3 is 19.9 Å². The lowest BCUT2D eigenvalue weighted by atomic mass is 10.1. The number of pyridine rings is 1. The first-order valence-corrected chi connectivity index (χ1v) is 12.1. The van der Waals surface area contributed by atoms with Crippen molar-refractivity contribution >= 4 is 40.3 Å². The number of hydrogen-bond acceptors (Lipinski definition) is 5. The number of aromatic nitrogens is 3. The van der Waals surface area contributed by atoms with E-state index in [2.05, 4.69) is 25.6 Å². The van der Waals surface area contributed by atoms with Crippen molar-refractivity contribution in [2.24, 2.45) is 0 Å². The Morgan fingerprint density at radius 2 is 2.00 bits per heavy atom. The van der Waals surface area contributed by atoms with Gasteiger partial charge in [-0.15, -0.1) is 0 Å². The first kappa shape index (κ1) is 26.8. The molecule has 0 unspecified atom stereocenters. The second-order valence-electron chi connectivity index (χ2n) is 8.50. The molecular weight excluding hydrogens is 518 g/mol. The fraction of sp³-hybridized carbons (Fsp3) is 0.231. The van der Waals surface area contributed by atoms with Crippen LogP contribution in [-0.2, 0) is 17.7 Å². The summed E-state index contributed by atoms with van der Waals surface area (Å²) in [6.45, 7) is -0.111. The van der Waals surface area contributed by atoms with Crippen LogP contribution < -0.4 is 10.6 Å². The summed E-state index contributed by atoms with van der Waals surface area (Å²) >= 11 is 5.98. The van der Waals surface area contributed by atoms with E-state index in [4.69, 9.17) is 16.3 Å². The zero-order valence-electron chi connectivity index (χ0n) is 20.4. The Morgan fingerprint density at radius 1 is 1.16 bits per heavy atom. The highest BCUT2D eigenvalue weighted by atomic mass is 35.5. The van der Waals surface area contributed by atoms with Crippen molar-refractivity contribution in [1.29, 1.82) is 0 Å². The molecule has 2 heterocycles. The third-order valence-corrected chi connectivity index (χ3v) is 6.34. The first-order chi connectivity index (χ1) is 18.3. The smallest absolute Gasteiger partial charge is 0.412 e. The number of ether oxygens (including phenoxy) is 1. The van der Waals surface area contributed by atoms with Gasteiger partial charge >= 0.3 is 12.1 Å². The molecule has 2 aromatic heterocycles. The molecule has 0 spiro atoms. The molecule has 0 saturated heterocycles. The monoisotopic (exact) mass is 542 g/mol. The number of likely N-dealkylation sites (N-methyl/N-ethyl adjacent to an activating group) is 1. The topological polar surface area (TPSA) is 112 Å². The number of benzene rings is 2. The summed E-state index contributed by atoms with van der Waals surface area (Å²) < 4.78 is 32.7. The predicted molar refractivity (Wildman–Crippen MR) is 139 cm³/mol. The number of aryl methyl sites for hydroxylation is 1. The van der Waals surface area contributed by atoms with Crippen LogP contribution in [0.25, 0.3) is 10.8 Å². The van der Waals surface area contributed by atoms with Crippen LogP contribution in [0.4, 0.5) is 24.2 Å². The highest BCUT2D eigenvalue weighted by Gasteiger charge is 2.23. The third-order valence-electron chi connectivity index (χ3n) is 5.92. The third kappa shape index (κ3) is 6.94. The number of nitrogens with one attached hydrogen (secondary N) is 3. The Labute approximate surface area is 222 Å². The van der Waals surface area contributed by atoms with Crippen LogP contribution in [0, 0.1) is 11.6 Å². The van der Waals surface area contributed by atoms with Gasteiger partial charge in [0, 0.05) is 44.0 Å². The number of carbonyl (C=O) groups excluding carboxylic acids is 2. The van der Waals surface area contributed by atoms with Crippen LogP contribution in [0.15, 0.2) is 61.1 Å². The molecule has 0 aliphatic rings. The van der Waals surface area contributed by atoms with Crippen LogP contribution in [0.5, 0.6) is 0 Å². The van der Waals surface area contributed by atoms with E-state index in [9.17, 15) is 18.4 Å². The van der Waals surface area contributed by atoms with Crippen LogP contribution >= 0.6 is 11.6 Å². The van der Waals surface area contributed by atoms with Crippen LogP contribution in [-0.4, -0.2) is 51.7 Å². The average molecular weight is 543 g/mol. The number of hydrogen-bond donors (Lipinski definition) is 3. The van der Waals surface area contributed by atoms with Crippen molar-refractivity contribution in [2.75, 3.05) is 19.0 Å². The van der Waals surface area contributed by atoms with E-state index in [1.807, 2.05) is 0 Å². The van der Waals surface area contributed by atoms with Gasteiger partial charge in [0.25, 0.3) is 0 Å². The number of carbonyl (C=O) groups is 2. The Balaban J connectivity index is 1.38. The fourth-order valence-corrected chi connectivity index (χ4v) is 3.96. The van der Waals surface area contributed by atoms with Gasteiger partial charge in [-0.1, -0.05) is 23.7 Å². The normalized spacial score (nSPS) is 11.7. The van der Waals surface area contributed by atoms with Crippen molar-refractivity contribution < 1.29 is 23.1 Å². The zero-order valence-corrected chi connectivity index (χ0v) is 21.1. The van der Waals surface area contributed by atoms with E-state index in [0.717, 1.165) is 5.39 Å². The van der Waals surface area contributed by atoms with Crippen molar-refractivity contribution in [2.45, 2.75) is 25.4 Å². The molecule has 0 aliphatic heterocycles. The number of fused-ring (bicyclic) bond motifs is 1. The molecule has 3 amide bonds. The molecular formula is C26H25ClF2N6O3. The highest BCUT2D eigenvalue weighted by molar-refractivity contribution is 6.31. The molecule has 0 aliphatic carbocycles. The average Bonchev–Trinajstić information content (AvgIpc) is 3.42. The van der Waals surface area contributed by atoms with Gasteiger partial charge in [-0.25, -0.2) is 28.3 Å². The summed E-state index contributed by atoms with van der Waals surface area (Å²) in [5, 5.41) is 6.46. The van der Waals surface area contributed by atoms with Crippen molar-refractivity contribution in [3.63, 3.8) is 0 Å². The number of rotatable bonds is 9. The molecule has 0 saturated carbocycles. The SMILES string of the molecule is CN(C(=O)NCc1cccc(F)c1Cl)[C@@H](CCc1ncc[nH]1)COC(=O)Nc1cc2cc(F)ccc2cn1. The molecule has 2 aromatic carbocycles. The van der Waals surface area contributed by atoms with E-state index in [-0.39, 0.29) is 24.0 Å². The van der Waals surface area contributed by atoms with Gasteiger partial charge in [0.15, 0.2) is 0 Å². The van der Waals surface area contributed by atoms with Crippen LogP contribution in [0.1, 0.15) is 17.8 Å². The van der Waals surface area contributed by atoms with Gasteiger partial charge in [0.2, 0.25) is 0 Å². The summed E-state index contributed by atoms with van der Waals surface area (Å²) in [4.78, 5) is 38.1. The number of anilines is 1. The molecule has 4 rings (SSSR count). The maximum atomic E-state index is 13.7.